The second kappa shape index (κ2) is 13.3. The van der Waals surface area contributed by atoms with Gasteiger partial charge in [0.15, 0.2) is 0 Å². The molecule has 0 heterocycles. The molecule has 0 aromatic heterocycles. The maximum atomic E-state index is 15.1. The van der Waals surface area contributed by atoms with Gasteiger partial charge in [-0.25, -0.2) is 26.3 Å². The highest BCUT2D eigenvalue weighted by atomic mass is 35.5. The molecule has 1 aliphatic carbocycles. The number of benzene rings is 4. The third-order valence-electron chi connectivity index (χ3n) is 8.00. The second-order valence-electron chi connectivity index (χ2n) is 11.0. The number of ether oxygens (including phenoxy) is 1. The molecule has 10 heteroatoms. The quantitative estimate of drug-likeness (QED) is 0.105. The summed E-state index contributed by atoms with van der Waals surface area (Å²) >= 11 is 5.47. The van der Waals surface area contributed by atoms with Gasteiger partial charge in [-0.05, 0) is 103 Å². The first kappa shape index (κ1) is 32.5. The Hall–Kier alpha value is -3.85. The first-order valence-corrected chi connectivity index (χ1v) is 14.7. The Morgan fingerprint density at radius 3 is 1.84 bits per heavy atom. The van der Waals surface area contributed by atoms with Gasteiger partial charge in [-0.3, -0.25) is 0 Å². The zero-order chi connectivity index (χ0) is 32.5. The molecule has 0 spiro atoms. The van der Waals surface area contributed by atoms with Crippen LogP contribution in [0.2, 0.25) is 5.02 Å². The van der Waals surface area contributed by atoms with Crippen molar-refractivity contribution in [2.75, 3.05) is 0 Å². The maximum Gasteiger partial charge on any atom is 0.432 e. The van der Waals surface area contributed by atoms with Gasteiger partial charge in [0.1, 0.15) is 51.2 Å². The first-order chi connectivity index (χ1) is 21.4. The molecule has 1 saturated carbocycles. The average Bonchev–Trinajstić information content (AvgIpc) is 2.98. The molecule has 0 aliphatic heterocycles. The Kier molecular flexibility index (Phi) is 9.58. The Balaban J connectivity index is 1.33. The zero-order valence-corrected chi connectivity index (χ0v) is 24.7. The van der Waals surface area contributed by atoms with Crippen molar-refractivity contribution in [3.63, 3.8) is 0 Å². The van der Waals surface area contributed by atoms with Crippen LogP contribution in [0.15, 0.2) is 72.8 Å². The van der Waals surface area contributed by atoms with Crippen LogP contribution in [0, 0.1) is 40.8 Å². The monoisotopic (exact) mass is 650 g/mol. The molecule has 0 atom stereocenters. The molecule has 0 saturated heterocycles. The highest BCUT2D eigenvalue weighted by molar-refractivity contribution is 6.31. The van der Waals surface area contributed by atoms with Crippen molar-refractivity contribution < 1.29 is 39.9 Å². The Morgan fingerprint density at radius 1 is 0.711 bits per heavy atom. The topological polar surface area (TPSA) is 9.23 Å². The van der Waals surface area contributed by atoms with Gasteiger partial charge in [-0.2, -0.15) is 8.78 Å². The van der Waals surface area contributed by atoms with Gasteiger partial charge in [0, 0.05) is 17.2 Å². The molecular formula is C35H27ClF8O. The molecule has 5 rings (SSSR count). The minimum Gasteiger partial charge on any atom is -0.429 e. The third-order valence-corrected chi connectivity index (χ3v) is 8.37. The van der Waals surface area contributed by atoms with Crippen molar-refractivity contribution in [2.24, 2.45) is 5.92 Å². The van der Waals surface area contributed by atoms with Crippen molar-refractivity contribution in [1.29, 1.82) is 0 Å². The van der Waals surface area contributed by atoms with E-state index in [0.717, 1.165) is 67.8 Å². The Labute approximate surface area is 260 Å². The van der Waals surface area contributed by atoms with Crippen LogP contribution < -0.4 is 4.74 Å². The minimum absolute atomic E-state index is 0.0231. The summed E-state index contributed by atoms with van der Waals surface area (Å²) in [4.78, 5) is 0. The summed E-state index contributed by atoms with van der Waals surface area (Å²) in [5.41, 5.74) is -1.88. The van der Waals surface area contributed by atoms with Crippen LogP contribution in [0.5, 0.6) is 5.75 Å². The van der Waals surface area contributed by atoms with Gasteiger partial charge in [0.05, 0.1) is 0 Å². The van der Waals surface area contributed by atoms with E-state index in [-0.39, 0.29) is 28.2 Å². The van der Waals surface area contributed by atoms with Gasteiger partial charge in [0.25, 0.3) is 0 Å². The van der Waals surface area contributed by atoms with E-state index in [1.165, 1.54) is 6.07 Å². The van der Waals surface area contributed by atoms with Crippen LogP contribution in [0.4, 0.5) is 35.1 Å². The lowest BCUT2D eigenvalue weighted by molar-refractivity contribution is -0.189. The summed E-state index contributed by atoms with van der Waals surface area (Å²) in [6.07, 6.45) is 3.63. The van der Waals surface area contributed by atoms with Crippen LogP contribution >= 0.6 is 11.6 Å². The second-order valence-corrected chi connectivity index (χ2v) is 11.4. The largest absolute Gasteiger partial charge is 0.432 e. The number of halogens is 9. The van der Waals surface area contributed by atoms with Crippen molar-refractivity contribution in [1.82, 2.24) is 0 Å². The minimum atomic E-state index is -4.49. The van der Waals surface area contributed by atoms with E-state index in [9.17, 15) is 22.0 Å². The molecule has 0 unspecified atom stereocenters. The van der Waals surface area contributed by atoms with Gasteiger partial charge < -0.3 is 4.74 Å². The summed E-state index contributed by atoms with van der Waals surface area (Å²) in [5, 5.41) is -0.749. The zero-order valence-electron chi connectivity index (χ0n) is 23.9. The van der Waals surface area contributed by atoms with E-state index in [1.807, 2.05) is 6.92 Å². The fraction of sp³-hybridized carbons (Fsp3) is 0.257. The van der Waals surface area contributed by atoms with E-state index in [1.54, 1.807) is 0 Å². The molecule has 0 bridgehead atoms. The summed E-state index contributed by atoms with van der Waals surface area (Å²) in [7, 11) is 0. The van der Waals surface area contributed by atoms with E-state index < -0.39 is 57.3 Å². The smallest absolute Gasteiger partial charge is 0.429 e. The molecule has 1 aliphatic rings. The van der Waals surface area contributed by atoms with Crippen LogP contribution in [0.25, 0.3) is 22.3 Å². The standard InChI is InChI=1S/C35H27ClF8O/c1-2-3-4-19-5-7-20(8-6-19)22-14-29(39)33(30(40)15-22)35(43,44)45-24-10-12-25(28(38)18-24)21-9-11-26(27(37)13-21)23-16-31(41)34(36)32(42)17-23/h3-4,9-20H,2,5-8H2,1H3. The molecule has 4 aromatic carbocycles. The van der Waals surface area contributed by atoms with E-state index in [4.69, 9.17) is 11.6 Å². The Bertz CT molecular complexity index is 1700. The molecule has 1 nitrogen and oxygen atoms in total. The number of allylic oxidation sites excluding steroid dienone is 2. The molecule has 0 radical (unpaired) electrons. The molecule has 1 fully saturated rings. The third kappa shape index (κ3) is 7.03. The summed E-state index contributed by atoms with van der Waals surface area (Å²) in [6.45, 7) is 2.03. The highest BCUT2D eigenvalue weighted by Gasteiger charge is 2.41. The molecule has 236 valence electrons. The SMILES string of the molecule is CCC=CC1CCC(c2cc(F)c(C(F)(F)Oc3ccc(-c4ccc(-c5cc(F)c(Cl)c(F)c5)c(F)c4)c(F)c3)c(F)c2)CC1. The lowest BCUT2D eigenvalue weighted by Gasteiger charge is -2.28. The van der Waals surface area contributed by atoms with E-state index in [2.05, 4.69) is 16.9 Å². The number of alkyl halides is 2. The van der Waals surface area contributed by atoms with Crippen molar-refractivity contribution in [3.05, 3.63) is 124 Å². The Morgan fingerprint density at radius 2 is 1.27 bits per heavy atom. The van der Waals surface area contributed by atoms with E-state index in [0.29, 0.717) is 30.4 Å². The van der Waals surface area contributed by atoms with Crippen molar-refractivity contribution in [2.45, 2.75) is 51.1 Å². The van der Waals surface area contributed by atoms with Crippen LogP contribution in [0.3, 0.4) is 0 Å². The highest BCUT2D eigenvalue weighted by Crippen LogP contribution is 2.41. The van der Waals surface area contributed by atoms with Crippen LogP contribution in [-0.4, -0.2) is 0 Å². The van der Waals surface area contributed by atoms with Gasteiger partial charge in [-0.1, -0.05) is 42.8 Å². The first-order valence-electron chi connectivity index (χ1n) is 14.3. The summed E-state index contributed by atoms with van der Waals surface area (Å²) in [5.74, 6) is -7.71. The van der Waals surface area contributed by atoms with Gasteiger partial charge >= 0.3 is 6.11 Å². The average molecular weight is 651 g/mol. The summed E-state index contributed by atoms with van der Waals surface area (Å²) in [6, 6.07) is 9.35. The predicted octanol–water partition coefficient (Wildman–Crippen LogP) is 11.9. The van der Waals surface area contributed by atoms with Crippen LogP contribution in [0.1, 0.15) is 56.1 Å². The fourth-order valence-electron chi connectivity index (χ4n) is 5.70. The summed E-state index contributed by atoms with van der Waals surface area (Å²) < 4.78 is 122. The van der Waals surface area contributed by atoms with Gasteiger partial charge in [0.2, 0.25) is 0 Å². The fourth-order valence-corrected chi connectivity index (χ4v) is 5.81. The van der Waals surface area contributed by atoms with E-state index >= 15 is 13.2 Å². The normalized spacial score (nSPS) is 17.2. The van der Waals surface area contributed by atoms with Gasteiger partial charge in [-0.15, -0.1) is 0 Å². The van der Waals surface area contributed by atoms with Crippen LogP contribution in [-0.2, 0) is 6.11 Å². The molecule has 4 aromatic rings. The number of hydrogen-bond donors (Lipinski definition) is 0. The van der Waals surface area contributed by atoms with Crippen molar-refractivity contribution in [3.8, 4) is 28.0 Å². The molecule has 0 amide bonds. The number of hydrogen-bond acceptors (Lipinski definition) is 1. The lowest BCUT2D eigenvalue weighted by Crippen LogP contribution is -2.25. The maximum absolute atomic E-state index is 15.1. The van der Waals surface area contributed by atoms with Crippen molar-refractivity contribution >= 4 is 11.6 Å². The molecule has 45 heavy (non-hydrogen) atoms. The number of rotatable bonds is 8. The predicted molar refractivity (Wildman–Crippen MR) is 157 cm³/mol. The molecular weight excluding hydrogens is 624 g/mol. The lowest BCUT2D eigenvalue weighted by atomic mass is 9.78. The molecule has 0 N–H and O–H groups in total.